The van der Waals surface area contributed by atoms with Crippen molar-refractivity contribution in [1.82, 2.24) is 0 Å². The van der Waals surface area contributed by atoms with Crippen molar-refractivity contribution in [1.29, 1.82) is 0 Å². The van der Waals surface area contributed by atoms with Crippen LogP contribution in [-0.2, 0) is 0 Å². The van der Waals surface area contributed by atoms with Crippen molar-refractivity contribution in [3.63, 3.8) is 0 Å². The predicted molar refractivity (Wildman–Crippen MR) is 59.1 cm³/mol. The molecule has 0 radical (unpaired) electrons. The van der Waals surface area contributed by atoms with Gasteiger partial charge in [0, 0.05) is 25.8 Å². The number of anilines is 2. The van der Waals surface area contributed by atoms with E-state index in [1.54, 1.807) is 25.1 Å². The molecule has 1 rings (SSSR count). The first-order chi connectivity index (χ1) is 7.41. The minimum absolute atomic E-state index is 0.0388. The number of hydrogen-bond acceptors (Lipinski definition) is 4. The second-order valence-electron chi connectivity index (χ2n) is 3.28. The summed E-state index contributed by atoms with van der Waals surface area (Å²) in [5.41, 5.74) is 0.319. The summed E-state index contributed by atoms with van der Waals surface area (Å²) in [5, 5.41) is 21.2. The van der Waals surface area contributed by atoms with E-state index in [4.69, 9.17) is 5.11 Å². The highest BCUT2D eigenvalue weighted by Gasteiger charge is 2.16. The molecule has 0 saturated carbocycles. The quantitative estimate of drug-likeness (QED) is 0.603. The summed E-state index contributed by atoms with van der Waals surface area (Å²) in [6, 6.07) is 4.27. The number of carbonyl (C=O) groups is 1. The molecule has 0 aliphatic rings. The van der Waals surface area contributed by atoms with Gasteiger partial charge in [-0.15, -0.1) is 0 Å². The van der Waals surface area contributed by atoms with Crippen LogP contribution in [0.25, 0.3) is 0 Å². The van der Waals surface area contributed by atoms with Gasteiger partial charge in [-0.2, -0.15) is 0 Å². The van der Waals surface area contributed by atoms with Crippen molar-refractivity contribution in [3.05, 3.63) is 28.3 Å². The first-order valence-electron chi connectivity index (χ1n) is 4.37. The van der Waals surface area contributed by atoms with Crippen LogP contribution in [0.2, 0.25) is 0 Å². The highest BCUT2D eigenvalue weighted by molar-refractivity contribution is 5.87. The van der Waals surface area contributed by atoms with Gasteiger partial charge in [-0.05, 0) is 12.1 Å². The number of carboxylic acid groups (broad SMARTS) is 1. The summed E-state index contributed by atoms with van der Waals surface area (Å²) >= 11 is 0. The van der Waals surface area contributed by atoms with E-state index in [0.29, 0.717) is 5.69 Å². The number of nitro groups is 1. The number of rotatable bonds is 3. The number of nitro benzene ring substituents is 1. The molecule has 0 fully saturated rings. The van der Waals surface area contributed by atoms with Crippen LogP contribution in [0.15, 0.2) is 18.2 Å². The van der Waals surface area contributed by atoms with Gasteiger partial charge in [0.05, 0.1) is 4.92 Å². The second kappa shape index (κ2) is 4.47. The fraction of sp³-hybridized carbons (Fsp3) is 0.222. The molecule has 7 heteroatoms. The number of nitrogens with one attached hydrogen (secondary N) is 1. The fourth-order valence-corrected chi connectivity index (χ4v) is 1.17. The zero-order chi connectivity index (χ0) is 12.3. The highest BCUT2D eigenvalue weighted by atomic mass is 16.6. The molecule has 1 aromatic carbocycles. The van der Waals surface area contributed by atoms with E-state index in [1.165, 1.54) is 12.1 Å². The van der Waals surface area contributed by atoms with Gasteiger partial charge in [0.15, 0.2) is 0 Å². The molecule has 0 bridgehead atoms. The second-order valence-corrected chi connectivity index (χ2v) is 3.28. The predicted octanol–water partition coefficient (Wildman–Crippen LogP) is 1.75. The Labute approximate surface area is 91.4 Å². The molecular weight excluding hydrogens is 214 g/mol. The molecule has 0 aromatic heterocycles. The summed E-state index contributed by atoms with van der Waals surface area (Å²) in [5.74, 6) is 0. The lowest BCUT2D eigenvalue weighted by Gasteiger charge is -2.12. The first kappa shape index (κ1) is 11.8. The molecule has 0 aliphatic heterocycles. The highest BCUT2D eigenvalue weighted by Crippen LogP contribution is 2.28. The molecule has 0 atom stereocenters. The standard InChI is InChI=1S/C9H11N3O4/c1-11(2)6-3-4-7(10-9(13)14)8(5-6)12(15)16/h3-5,10H,1-2H3,(H,13,14). The molecular formula is C9H11N3O4. The van der Waals surface area contributed by atoms with Crippen LogP contribution >= 0.6 is 0 Å². The van der Waals surface area contributed by atoms with Crippen LogP contribution in [0.4, 0.5) is 21.9 Å². The normalized spacial score (nSPS) is 9.62. The third kappa shape index (κ3) is 2.59. The van der Waals surface area contributed by atoms with Gasteiger partial charge in [0.25, 0.3) is 5.69 Å². The van der Waals surface area contributed by atoms with Crippen LogP contribution in [0, 0.1) is 10.1 Å². The SMILES string of the molecule is CN(C)c1ccc(NC(=O)O)c([N+](=O)[O-])c1. The van der Waals surface area contributed by atoms with Crippen LogP contribution in [0.3, 0.4) is 0 Å². The van der Waals surface area contributed by atoms with Gasteiger partial charge in [-0.3, -0.25) is 15.4 Å². The number of benzene rings is 1. The lowest BCUT2D eigenvalue weighted by molar-refractivity contribution is -0.383. The van der Waals surface area contributed by atoms with Crippen molar-refractivity contribution in [2.45, 2.75) is 0 Å². The maximum atomic E-state index is 10.7. The van der Waals surface area contributed by atoms with Crippen molar-refractivity contribution < 1.29 is 14.8 Å². The first-order valence-corrected chi connectivity index (χ1v) is 4.37. The number of hydrogen-bond donors (Lipinski definition) is 2. The molecule has 1 aromatic rings. The minimum Gasteiger partial charge on any atom is -0.465 e. The Morgan fingerprint density at radius 1 is 1.50 bits per heavy atom. The van der Waals surface area contributed by atoms with Crippen molar-refractivity contribution >= 4 is 23.2 Å². The molecule has 7 nitrogen and oxygen atoms in total. The van der Waals surface area contributed by atoms with Gasteiger partial charge in [0.1, 0.15) is 5.69 Å². The van der Waals surface area contributed by atoms with Gasteiger partial charge in [-0.25, -0.2) is 4.79 Å². The van der Waals surface area contributed by atoms with E-state index in [1.807, 2.05) is 5.32 Å². The Morgan fingerprint density at radius 2 is 2.12 bits per heavy atom. The molecule has 86 valence electrons. The lowest BCUT2D eigenvalue weighted by atomic mass is 10.2. The maximum Gasteiger partial charge on any atom is 0.409 e. The number of nitrogens with zero attached hydrogens (tertiary/aromatic N) is 2. The zero-order valence-corrected chi connectivity index (χ0v) is 8.80. The Bertz CT molecular complexity index is 431. The average molecular weight is 225 g/mol. The Morgan fingerprint density at radius 3 is 2.56 bits per heavy atom. The lowest BCUT2D eigenvalue weighted by Crippen LogP contribution is -2.12. The van der Waals surface area contributed by atoms with Crippen LogP contribution < -0.4 is 10.2 Å². The zero-order valence-electron chi connectivity index (χ0n) is 8.80. The van der Waals surface area contributed by atoms with E-state index in [9.17, 15) is 14.9 Å². The smallest absolute Gasteiger partial charge is 0.409 e. The minimum atomic E-state index is -1.33. The summed E-state index contributed by atoms with van der Waals surface area (Å²) in [6.45, 7) is 0. The molecule has 2 N–H and O–H groups in total. The third-order valence-electron chi connectivity index (χ3n) is 1.94. The molecule has 1 amide bonds. The summed E-state index contributed by atoms with van der Waals surface area (Å²) in [4.78, 5) is 22.2. The summed E-state index contributed by atoms with van der Waals surface area (Å²) in [6.07, 6.45) is -1.33. The molecule has 0 unspecified atom stereocenters. The average Bonchev–Trinajstić information content (AvgIpc) is 2.16. The summed E-state index contributed by atoms with van der Waals surface area (Å²) in [7, 11) is 3.48. The Kier molecular flexibility index (Phi) is 3.29. The van der Waals surface area contributed by atoms with E-state index < -0.39 is 11.0 Å². The van der Waals surface area contributed by atoms with Gasteiger partial charge in [-0.1, -0.05) is 0 Å². The van der Waals surface area contributed by atoms with Crippen LogP contribution in [0.5, 0.6) is 0 Å². The van der Waals surface area contributed by atoms with Crippen molar-refractivity contribution in [2.24, 2.45) is 0 Å². The maximum absolute atomic E-state index is 10.7. The largest absolute Gasteiger partial charge is 0.465 e. The molecule has 16 heavy (non-hydrogen) atoms. The monoisotopic (exact) mass is 225 g/mol. The van der Waals surface area contributed by atoms with Gasteiger partial charge in [0.2, 0.25) is 0 Å². The van der Waals surface area contributed by atoms with E-state index in [2.05, 4.69) is 0 Å². The van der Waals surface area contributed by atoms with Crippen molar-refractivity contribution in [2.75, 3.05) is 24.3 Å². The molecule has 0 aliphatic carbocycles. The van der Waals surface area contributed by atoms with E-state index in [-0.39, 0.29) is 11.4 Å². The van der Waals surface area contributed by atoms with Gasteiger partial charge < -0.3 is 10.0 Å². The Balaban J connectivity index is 3.19. The molecule has 0 heterocycles. The van der Waals surface area contributed by atoms with Crippen LogP contribution in [0.1, 0.15) is 0 Å². The van der Waals surface area contributed by atoms with Gasteiger partial charge >= 0.3 is 6.09 Å². The summed E-state index contributed by atoms with van der Waals surface area (Å²) < 4.78 is 0. The van der Waals surface area contributed by atoms with Crippen LogP contribution in [-0.4, -0.2) is 30.2 Å². The fourth-order valence-electron chi connectivity index (χ4n) is 1.17. The Hall–Kier alpha value is -2.31. The number of amides is 1. The van der Waals surface area contributed by atoms with E-state index >= 15 is 0 Å². The van der Waals surface area contributed by atoms with Crippen molar-refractivity contribution in [3.8, 4) is 0 Å². The molecule has 0 saturated heterocycles. The van der Waals surface area contributed by atoms with E-state index in [0.717, 1.165) is 0 Å². The molecule has 0 spiro atoms. The topological polar surface area (TPSA) is 95.7 Å². The third-order valence-corrected chi connectivity index (χ3v) is 1.94.